The fraction of sp³-hybridized carbons (Fsp3) is 0.944. The van der Waals surface area contributed by atoms with Gasteiger partial charge in [-0.05, 0) is 65.5 Å². The molecule has 24 heavy (non-hydrogen) atoms. The van der Waals surface area contributed by atoms with E-state index < -0.39 is 0 Å². The number of guanidine groups is 1. The van der Waals surface area contributed by atoms with Crippen molar-refractivity contribution in [3.63, 3.8) is 0 Å². The zero-order valence-electron chi connectivity index (χ0n) is 16.1. The van der Waals surface area contributed by atoms with Crippen LogP contribution in [-0.4, -0.2) is 62.8 Å². The molecule has 0 aliphatic carbocycles. The summed E-state index contributed by atoms with van der Waals surface area (Å²) in [6.45, 7) is 15.6. The summed E-state index contributed by atoms with van der Waals surface area (Å²) in [5, 5.41) is 6.77. The Morgan fingerprint density at radius 1 is 1.21 bits per heavy atom. The normalized spacial score (nSPS) is 18.1. The molecule has 1 aliphatic rings. The second-order valence-corrected chi connectivity index (χ2v) is 6.62. The van der Waals surface area contributed by atoms with Crippen LogP contribution in [0.1, 0.15) is 53.4 Å². The van der Waals surface area contributed by atoms with Crippen LogP contribution in [0.5, 0.6) is 0 Å². The molecule has 0 aromatic carbocycles. The first-order valence-electron chi connectivity index (χ1n) is 9.51. The van der Waals surface area contributed by atoms with E-state index in [2.05, 4.69) is 36.3 Å². The van der Waals surface area contributed by atoms with Gasteiger partial charge >= 0.3 is 0 Å². The molecule has 1 rings (SSSR count). The molecule has 0 aromatic heterocycles. The molecule has 1 aliphatic heterocycles. The van der Waals surface area contributed by atoms with E-state index in [1.165, 1.54) is 25.9 Å². The van der Waals surface area contributed by atoms with E-state index in [9.17, 15) is 0 Å². The molecule has 5 nitrogen and oxygen atoms in total. The predicted molar refractivity (Wildman–Crippen MR) is 115 cm³/mol. The van der Waals surface area contributed by atoms with Gasteiger partial charge in [-0.3, -0.25) is 9.89 Å². The van der Waals surface area contributed by atoms with Crippen molar-refractivity contribution in [1.82, 2.24) is 15.5 Å². The van der Waals surface area contributed by atoms with E-state index in [-0.39, 0.29) is 24.0 Å². The number of ether oxygens (including phenoxy) is 1. The van der Waals surface area contributed by atoms with Gasteiger partial charge in [-0.25, -0.2) is 0 Å². The fourth-order valence-corrected chi connectivity index (χ4v) is 2.83. The molecule has 0 spiro atoms. The largest absolute Gasteiger partial charge is 0.382 e. The number of nitrogens with one attached hydrogen (secondary N) is 2. The molecule has 6 heteroatoms. The average molecular weight is 454 g/mol. The molecule has 0 aromatic rings. The van der Waals surface area contributed by atoms with Crippen molar-refractivity contribution in [1.29, 1.82) is 0 Å². The Labute approximate surface area is 166 Å². The van der Waals surface area contributed by atoms with Crippen LogP contribution in [0, 0.1) is 5.92 Å². The van der Waals surface area contributed by atoms with Crippen molar-refractivity contribution in [3.05, 3.63) is 0 Å². The first-order chi connectivity index (χ1) is 11.2. The second kappa shape index (κ2) is 15.2. The minimum Gasteiger partial charge on any atom is -0.382 e. The highest BCUT2D eigenvalue weighted by Crippen LogP contribution is 2.17. The summed E-state index contributed by atoms with van der Waals surface area (Å²) in [7, 11) is 0. The molecule has 2 N–H and O–H groups in total. The van der Waals surface area contributed by atoms with Gasteiger partial charge in [-0.2, -0.15) is 0 Å². The molecular weight excluding hydrogens is 415 g/mol. The van der Waals surface area contributed by atoms with Crippen LogP contribution >= 0.6 is 24.0 Å². The molecule has 1 heterocycles. The van der Waals surface area contributed by atoms with Gasteiger partial charge in [-0.15, -0.1) is 24.0 Å². The third kappa shape index (κ3) is 10.7. The molecule has 1 fully saturated rings. The van der Waals surface area contributed by atoms with Crippen molar-refractivity contribution in [2.75, 3.05) is 45.9 Å². The van der Waals surface area contributed by atoms with E-state index in [0.29, 0.717) is 6.04 Å². The van der Waals surface area contributed by atoms with E-state index >= 15 is 0 Å². The van der Waals surface area contributed by atoms with Crippen molar-refractivity contribution in [3.8, 4) is 0 Å². The lowest BCUT2D eigenvalue weighted by Gasteiger charge is -2.34. The van der Waals surface area contributed by atoms with Gasteiger partial charge in [0.05, 0.1) is 6.54 Å². The lowest BCUT2D eigenvalue weighted by Crippen LogP contribution is -2.43. The topological polar surface area (TPSA) is 48.9 Å². The number of likely N-dealkylation sites (tertiary alicyclic amines) is 1. The highest BCUT2D eigenvalue weighted by atomic mass is 127. The summed E-state index contributed by atoms with van der Waals surface area (Å²) in [4.78, 5) is 7.34. The van der Waals surface area contributed by atoms with Crippen LogP contribution in [0.25, 0.3) is 0 Å². The fourth-order valence-electron chi connectivity index (χ4n) is 2.83. The van der Waals surface area contributed by atoms with Crippen LogP contribution < -0.4 is 10.6 Å². The van der Waals surface area contributed by atoms with E-state index in [1.807, 2.05) is 6.92 Å². The summed E-state index contributed by atoms with van der Waals surface area (Å²) >= 11 is 0. The number of nitrogens with zero attached hydrogens (tertiary/aromatic N) is 2. The lowest BCUT2D eigenvalue weighted by atomic mass is 9.98. The van der Waals surface area contributed by atoms with Gasteiger partial charge in [-0.1, -0.05) is 6.92 Å². The number of aliphatic imine (C=N–C) groups is 1. The smallest absolute Gasteiger partial charge is 0.191 e. The quantitative estimate of drug-likeness (QED) is 0.231. The minimum atomic E-state index is 0. The van der Waals surface area contributed by atoms with Gasteiger partial charge in [0.15, 0.2) is 5.96 Å². The summed E-state index contributed by atoms with van der Waals surface area (Å²) in [6, 6.07) is 0.524. The highest BCUT2D eigenvalue weighted by molar-refractivity contribution is 14.0. The first kappa shape index (κ1) is 23.9. The Morgan fingerprint density at radius 3 is 2.54 bits per heavy atom. The minimum absolute atomic E-state index is 0. The van der Waals surface area contributed by atoms with Crippen molar-refractivity contribution < 1.29 is 4.74 Å². The maximum absolute atomic E-state index is 5.36. The Balaban J connectivity index is 0.00000529. The molecule has 0 saturated carbocycles. The van der Waals surface area contributed by atoms with Gasteiger partial charge in [0.1, 0.15) is 0 Å². The monoisotopic (exact) mass is 454 g/mol. The third-order valence-electron chi connectivity index (χ3n) is 4.51. The molecule has 1 unspecified atom stereocenters. The molecular formula is C18H39IN4O. The van der Waals surface area contributed by atoms with E-state index in [1.54, 1.807) is 0 Å². The summed E-state index contributed by atoms with van der Waals surface area (Å²) in [5.74, 6) is 1.83. The van der Waals surface area contributed by atoms with Crippen molar-refractivity contribution >= 4 is 29.9 Å². The average Bonchev–Trinajstić information content (AvgIpc) is 2.56. The summed E-state index contributed by atoms with van der Waals surface area (Å²) in [6.07, 6.45) is 4.87. The van der Waals surface area contributed by atoms with E-state index in [0.717, 1.165) is 57.6 Å². The number of hydrogen-bond acceptors (Lipinski definition) is 3. The molecule has 0 bridgehead atoms. The number of rotatable bonds is 10. The molecule has 1 saturated heterocycles. The molecule has 144 valence electrons. The summed E-state index contributed by atoms with van der Waals surface area (Å²) < 4.78 is 5.36. The standard InChI is InChI=1S/C18H38N4O.HI/c1-5-19-18(20-11-7-8-14-23-6-2)21-15-17(4)22-12-9-16(3)10-13-22;/h16-17H,5-15H2,1-4H3,(H2,19,20,21);1H. The second-order valence-electron chi connectivity index (χ2n) is 6.62. The first-order valence-corrected chi connectivity index (χ1v) is 9.51. The van der Waals surface area contributed by atoms with Crippen LogP contribution in [0.2, 0.25) is 0 Å². The van der Waals surface area contributed by atoms with Gasteiger partial charge in [0, 0.05) is 32.3 Å². The number of halogens is 1. The number of hydrogen-bond donors (Lipinski definition) is 2. The zero-order chi connectivity index (χ0) is 16.9. The Morgan fingerprint density at radius 2 is 1.92 bits per heavy atom. The predicted octanol–water partition coefficient (Wildman–Crippen LogP) is 3.10. The van der Waals surface area contributed by atoms with Crippen LogP contribution in [0.4, 0.5) is 0 Å². The van der Waals surface area contributed by atoms with Gasteiger partial charge in [0.2, 0.25) is 0 Å². The summed E-state index contributed by atoms with van der Waals surface area (Å²) in [5.41, 5.74) is 0. The molecule has 0 radical (unpaired) electrons. The van der Waals surface area contributed by atoms with Crippen LogP contribution in [-0.2, 0) is 4.74 Å². The molecule has 0 amide bonds. The lowest BCUT2D eigenvalue weighted by molar-refractivity contribution is 0.143. The Bertz CT molecular complexity index is 320. The zero-order valence-corrected chi connectivity index (χ0v) is 18.5. The maximum Gasteiger partial charge on any atom is 0.191 e. The van der Waals surface area contributed by atoms with Crippen molar-refractivity contribution in [2.45, 2.75) is 59.4 Å². The van der Waals surface area contributed by atoms with Crippen molar-refractivity contribution in [2.24, 2.45) is 10.9 Å². The third-order valence-corrected chi connectivity index (χ3v) is 4.51. The molecule has 1 atom stereocenters. The number of piperidine rings is 1. The Kier molecular flexibility index (Phi) is 15.1. The number of unbranched alkanes of at least 4 members (excludes halogenated alkanes) is 1. The van der Waals surface area contributed by atoms with Gasteiger partial charge < -0.3 is 15.4 Å². The Hall–Kier alpha value is -0.0800. The van der Waals surface area contributed by atoms with Crippen LogP contribution in [0.15, 0.2) is 4.99 Å². The maximum atomic E-state index is 5.36. The SMILES string of the molecule is CCNC(=NCC(C)N1CCC(C)CC1)NCCCCOCC.I. The van der Waals surface area contributed by atoms with E-state index in [4.69, 9.17) is 9.73 Å². The highest BCUT2D eigenvalue weighted by Gasteiger charge is 2.19. The van der Waals surface area contributed by atoms with Gasteiger partial charge in [0.25, 0.3) is 0 Å². The van der Waals surface area contributed by atoms with Crippen LogP contribution in [0.3, 0.4) is 0 Å².